The first-order valence-corrected chi connectivity index (χ1v) is 10.4. The first kappa shape index (κ1) is 20.9. The van der Waals surface area contributed by atoms with E-state index in [1.165, 1.54) is 11.8 Å². The van der Waals surface area contributed by atoms with Gasteiger partial charge in [-0.2, -0.15) is 0 Å². The molecule has 3 rings (SSSR count). The molecule has 0 atom stereocenters. The van der Waals surface area contributed by atoms with Gasteiger partial charge in [-0.25, -0.2) is 0 Å². The Morgan fingerprint density at radius 1 is 1.03 bits per heavy atom. The molecule has 5 nitrogen and oxygen atoms in total. The quantitative estimate of drug-likeness (QED) is 0.363. The van der Waals surface area contributed by atoms with Crippen molar-refractivity contribution in [3.05, 3.63) is 84.9 Å². The smallest absolute Gasteiger partial charge is 0.233 e. The van der Waals surface area contributed by atoms with Crippen LogP contribution in [0.2, 0.25) is 5.02 Å². The molecule has 29 heavy (non-hydrogen) atoms. The van der Waals surface area contributed by atoms with Gasteiger partial charge < -0.3 is 4.90 Å². The summed E-state index contributed by atoms with van der Waals surface area (Å²) in [7, 11) is 0. The highest BCUT2D eigenvalue weighted by atomic mass is 35.5. The van der Waals surface area contributed by atoms with Gasteiger partial charge in [0.2, 0.25) is 5.91 Å². The second-order valence-electron chi connectivity index (χ2n) is 6.15. The molecule has 1 aromatic heterocycles. The van der Waals surface area contributed by atoms with E-state index in [1.54, 1.807) is 17.1 Å². The average molecular weight is 425 g/mol. The summed E-state index contributed by atoms with van der Waals surface area (Å²) in [6.45, 7) is 8.37. The van der Waals surface area contributed by atoms with Crippen LogP contribution in [-0.2, 0) is 4.79 Å². The van der Waals surface area contributed by atoms with Crippen molar-refractivity contribution in [2.45, 2.75) is 5.16 Å². The third-order valence-electron chi connectivity index (χ3n) is 4.13. The number of benzene rings is 2. The minimum Gasteiger partial charge on any atom is -0.335 e. The van der Waals surface area contributed by atoms with Crippen LogP contribution in [0.4, 0.5) is 0 Å². The van der Waals surface area contributed by atoms with Crippen molar-refractivity contribution in [2.24, 2.45) is 0 Å². The molecule has 0 aliphatic rings. The third-order valence-corrected chi connectivity index (χ3v) is 5.29. The van der Waals surface area contributed by atoms with Crippen LogP contribution >= 0.6 is 23.4 Å². The Hall–Kier alpha value is -2.83. The van der Waals surface area contributed by atoms with Crippen LogP contribution in [0.1, 0.15) is 0 Å². The van der Waals surface area contributed by atoms with Crippen LogP contribution in [0.15, 0.2) is 85.1 Å². The molecule has 148 valence electrons. The van der Waals surface area contributed by atoms with Crippen molar-refractivity contribution in [3.8, 4) is 17.1 Å². The molecule has 1 amide bonds. The van der Waals surface area contributed by atoms with E-state index in [1.807, 2.05) is 59.2 Å². The lowest BCUT2D eigenvalue weighted by Gasteiger charge is -2.19. The zero-order chi connectivity index (χ0) is 20.6. The maximum atomic E-state index is 12.6. The molecule has 2 aromatic carbocycles. The molecule has 0 spiro atoms. The Kier molecular flexibility index (Phi) is 7.27. The van der Waals surface area contributed by atoms with Gasteiger partial charge in [0, 0.05) is 29.4 Å². The Bertz CT molecular complexity index is 976. The second kappa shape index (κ2) is 10.1. The number of halogens is 1. The Balaban J connectivity index is 1.91. The number of carbonyl (C=O) groups is 1. The minimum atomic E-state index is -0.0123. The van der Waals surface area contributed by atoms with E-state index < -0.39 is 0 Å². The van der Waals surface area contributed by atoms with Crippen LogP contribution in [0, 0.1) is 0 Å². The van der Waals surface area contributed by atoms with E-state index in [4.69, 9.17) is 11.6 Å². The number of amides is 1. The molecule has 0 saturated heterocycles. The summed E-state index contributed by atoms with van der Waals surface area (Å²) in [5.74, 6) is 0.931. The van der Waals surface area contributed by atoms with Gasteiger partial charge in [0.25, 0.3) is 0 Å². The molecule has 1 heterocycles. The fraction of sp³-hybridized carbons (Fsp3) is 0.136. The minimum absolute atomic E-state index is 0.0123. The van der Waals surface area contributed by atoms with Crippen molar-refractivity contribution in [1.82, 2.24) is 19.7 Å². The van der Waals surface area contributed by atoms with E-state index in [9.17, 15) is 4.79 Å². The first-order valence-electron chi connectivity index (χ1n) is 9.03. The molecule has 0 fully saturated rings. The summed E-state index contributed by atoms with van der Waals surface area (Å²) >= 11 is 7.40. The summed E-state index contributed by atoms with van der Waals surface area (Å²) in [5, 5.41) is 10.0. The molecule has 0 N–H and O–H groups in total. The molecular weight excluding hydrogens is 404 g/mol. The Morgan fingerprint density at radius 3 is 2.31 bits per heavy atom. The fourth-order valence-corrected chi connectivity index (χ4v) is 3.75. The summed E-state index contributed by atoms with van der Waals surface area (Å²) in [5.41, 5.74) is 1.82. The standard InChI is InChI=1S/C22H21ClN4OS/c1-3-14-26(15-4-2)20(28)16-29-22-25-24-21(17-8-6-5-7-9-17)27(22)19-12-10-18(23)11-13-19/h3-13H,1-2,14-16H2. The lowest BCUT2D eigenvalue weighted by atomic mass is 10.2. The maximum Gasteiger partial charge on any atom is 0.233 e. The van der Waals surface area contributed by atoms with E-state index in [2.05, 4.69) is 23.4 Å². The second-order valence-corrected chi connectivity index (χ2v) is 7.53. The number of carbonyl (C=O) groups excluding carboxylic acids is 1. The molecule has 0 unspecified atom stereocenters. The van der Waals surface area contributed by atoms with Gasteiger partial charge in [-0.05, 0) is 24.3 Å². The number of hydrogen-bond donors (Lipinski definition) is 0. The monoisotopic (exact) mass is 424 g/mol. The molecular formula is C22H21ClN4OS. The molecule has 3 aromatic rings. The van der Waals surface area contributed by atoms with Crippen LogP contribution in [0.5, 0.6) is 0 Å². The highest BCUT2D eigenvalue weighted by Gasteiger charge is 2.18. The van der Waals surface area contributed by atoms with E-state index in [-0.39, 0.29) is 11.7 Å². The zero-order valence-corrected chi connectivity index (χ0v) is 17.4. The SMILES string of the molecule is C=CCN(CC=C)C(=O)CSc1nnc(-c2ccccc2)n1-c1ccc(Cl)cc1. The Labute approximate surface area is 179 Å². The summed E-state index contributed by atoms with van der Waals surface area (Å²) in [4.78, 5) is 14.3. The van der Waals surface area contributed by atoms with E-state index in [0.29, 0.717) is 29.1 Å². The average Bonchev–Trinajstić information content (AvgIpc) is 3.17. The lowest BCUT2D eigenvalue weighted by Crippen LogP contribution is -2.32. The van der Waals surface area contributed by atoms with Gasteiger partial charge in [0.1, 0.15) is 0 Å². The van der Waals surface area contributed by atoms with Gasteiger partial charge in [0.05, 0.1) is 5.75 Å². The van der Waals surface area contributed by atoms with Gasteiger partial charge in [-0.1, -0.05) is 65.8 Å². The third kappa shape index (κ3) is 5.16. The number of hydrogen-bond acceptors (Lipinski definition) is 4. The molecule has 7 heteroatoms. The predicted molar refractivity (Wildman–Crippen MR) is 120 cm³/mol. The van der Waals surface area contributed by atoms with Gasteiger partial charge in [0.15, 0.2) is 11.0 Å². The van der Waals surface area contributed by atoms with Crippen LogP contribution in [0.3, 0.4) is 0 Å². The number of rotatable bonds is 9. The number of aromatic nitrogens is 3. The lowest BCUT2D eigenvalue weighted by molar-refractivity contribution is -0.127. The van der Waals surface area contributed by atoms with Crippen molar-refractivity contribution in [2.75, 3.05) is 18.8 Å². The van der Waals surface area contributed by atoms with Crippen molar-refractivity contribution < 1.29 is 4.79 Å². The van der Waals surface area contributed by atoms with Crippen molar-refractivity contribution in [1.29, 1.82) is 0 Å². The van der Waals surface area contributed by atoms with E-state index in [0.717, 1.165) is 11.3 Å². The summed E-state index contributed by atoms with van der Waals surface area (Å²) in [6, 6.07) is 17.3. The molecule has 0 aliphatic heterocycles. The highest BCUT2D eigenvalue weighted by Crippen LogP contribution is 2.28. The van der Waals surface area contributed by atoms with E-state index >= 15 is 0 Å². The fourth-order valence-electron chi connectivity index (χ4n) is 2.77. The van der Waals surface area contributed by atoms with Crippen molar-refractivity contribution >= 4 is 29.3 Å². The van der Waals surface area contributed by atoms with Crippen LogP contribution < -0.4 is 0 Å². The van der Waals surface area contributed by atoms with Crippen LogP contribution in [-0.4, -0.2) is 44.4 Å². The first-order chi connectivity index (χ1) is 14.1. The molecule has 0 bridgehead atoms. The Morgan fingerprint density at radius 2 is 1.69 bits per heavy atom. The molecule has 0 aliphatic carbocycles. The number of thioether (sulfide) groups is 1. The largest absolute Gasteiger partial charge is 0.335 e. The maximum absolute atomic E-state index is 12.6. The van der Waals surface area contributed by atoms with Crippen LogP contribution in [0.25, 0.3) is 17.1 Å². The highest BCUT2D eigenvalue weighted by molar-refractivity contribution is 7.99. The van der Waals surface area contributed by atoms with Crippen molar-refractivity contribution in [3.63, 3.8) is 0 Å². The predicted octanol–water partition coefficient (Wildman–Crippen LogP) is 4.88. The molecule has 0 saturated carbocycles. The normalized spacial score (nSPS) is 10.5. The summed E-state index contributed by atoms with van der Waals surface area (Å²) in [6.07, 6.45) is 3.41. The number of nitrogens with zero attached hydrogens (tertiary/aromatic N) is 4. The van der Waals surface area contributed by atoms with Gasteiger partial charge in [-0.3, -0.25) is 9.36 Å². The summed E-state index contributed by atoms with van der Waals surface area (Å²) < 4.78 is 1.94. The van der Waals surface area contributed by atoms with Gasteiger partial charge in [-0.15, -0.1) is 23.4 Å². The zero-order valence-electron chi connectivity index (χ0n) is 15.9. The topological polar surface area (TPSA) is 51.0 Å². The molecule has 0 radical (unpaired) electrons. The van der Waals surface area contributed by atoms with Gasteiger partial charge >= 0.3 is 0 Å².